The fraction of sp³-hybridized carbons (Fsp3) is 0.929. The molecule has 3 unspecified atom stereocenters. The zero-order valence-corrected chi connectivity index (χ0v) is 11.0. The van der Waals surface area contributed by atoms with Crippen molar-refractivity contribution in [1.82, 2.24) is 10.6 Å². The molecule has 0 radical (unpaired) electrons. The van der Waals surface area contributed by atoms with Crippen LogP contribution in [0.25, 0.3) is 0 Å². The third-order valence-electron chi connectivity index (χ3n) is 4.26. The van der Waals surface area contributed by atoms with Gasteiger partial charge in [0.2, 0.25) is 5.91 Å². The van der Waals surface area contributed by atoms with E-state index in [1.54, 1.807) is 0 Å². The summed E-state index contributed by atoms with van der Waals surface area (Å²) in [6.07, 6.45) is 8.12. The van der Waals surface area contributed by atoms with Crippen LogP contribution in [0.4, 0.5) is 0 Å². The van der Waals surface area contributed by atoms with E-state index in [9.17, 15) is 4.79 Å². The first-order valence-corrected chi connectivity index (χ1v) is 7.24. The van der Waals surface area contributed by atoms with E-state index < -0.39 is 0 Å². The SMILES string of the molecule is CC1CCCC(NC(=O)CC2CCNC2)CC1. The Labute approximate surface area is 105 Å². The molecule has 1 heterocycles. The zero-order chi connectivity index (χ0) is 12.1. The van der Waals surface area contributed by atoms with E-state index in [0.29, 0.717) is 12.0 Å². The van der Waals surface area contributed by atoms with Crippen molar-refractivity contribution in [3.63, 3.8) is 0 Å². The smallest absolute Gasteiger partial charge is 0.220 e. The fourth-order valence-electron chi connectivity index (χ4n) is 3.07. The Morgan fingerprint density at radius 1 is 1.24 bits per heavy atom. The van der Waals surface area contributed by atoms with E-state index in [4.69, 9.17) is 0 Å². The van der Waals surface area contributed by atoms with Gasteiger partial charge in [0.1, 0.15) is 0 Å². The van der Waals surface area contributed by atoms with E-state index in [2.05, 4.69) is 17.6 Å². The molecule has 2 aliphatic rings. The molecule has 1 aliphatic carbocycles. The second-order valence-corrected chi connectivity index (χ2v) is 5.94. The van der Waals surface area contributed by atoms with Crippen LogP contribution in [0.1, 0.15) is 51.9 Å². The van der Waals surface area contributed by atoms with Crippen LogP contribution in [0.5, 0.6) is 0 Å². The van der Waals surface area contributed by atoms with E-state index in [1.807, 2.05) is 0 Å². The highest BCUT2D eigenvalue weighted by Crippen LogP contribution is 2.23. The molecule has 0 aromatic heterocycles. The summed E-state index contributed by atoms with van der Waals surface area (Å²) in [6, 6.07) is 0.446. The third-order valence-corrected chi connectivity index (χ3v) is 4.26. The third kappa shape index (κ3) is 4.30. The van der Waals surface area contributed by atoms with E-state index in [-0.39, 0.29) is 5.91 Å². The average Bonchev–Trinajstić information content (AvgIpc) is 2.70. The maximum atomic E-state index is 11.9. The minimum absolute atomic E-state index is 0.276. The number of carbonyl (C=O) groups is 1. The van der Waals surface area contributed by atoms with Crippen LogP contribution in [0.2, 0.25) is 0 Å². The Hall–Kier alpha value is -0.570. The molecule has 3 nitrogen and oxygen atoms in total. The van der Waals surface area contributed by atoms with Crippen LogP contribution in [-0.4, -0.2) is 25.0 Å². The van der Waals surface area contributed by atoms with E-state index >= 15 is 0 Å². The molecule has 1 saturated heterocycles. The molecule has 0 aromatic rings. The second-order valence-electron chi connectivity index (χ2n) is 5.94. The number of hydrogen-bond donors (Lipinski definition) is 2. The quantitative estimate of drug-likeness (QED) is 0.739. The Balaban J connectivity index is 1.69. The Bertz CT molecular complexity index is 249. The lowest BCUT2D eigenvalue weighted by Gasteiger charge is -2.17. The van der Waals surface area contributed by atoms with Crippen molar-refractivity contribution in [3.05, 3.63) is 0 Å². The summed E-state index contributed by atoms with van der Waals surface area (Å²) in [5.74, 6) is 1.69. The highest BCUT2D eigenvalue weighted by molar-refractivity contribution is 5.76. The van der Waals surface area contributed by atoms with Gasteiger partial charge in [-0.05, 0) is 50.6 Å². The number of hydrogen-bond acceptors (Lipinski definition) is 2. The average molecular weight is 238 g/mol. The first kappa shape index (κ1) is 12.9. The molecule has 98 valence electrons. The Morgan fingerprint density at radius 3 is 2.88 bits per heavy atom. The van der Waals surface area contributed by atoms with Crippen molar-refractivity contribution >= 4 is 5.91 Å². The molecule has 0 spiro atoms. The zero-order valence-electron chi connectivity index (χ0n) is 11.0. The molecule has 2 rings (SSSR count). The summed E-state index contributed by atoms with van der Waals surface area (Å²) in [6.45, 7) is 4.43. The number of carbonyl (C=O) groups excluding carboxylic acids is 1. The molecule has 2 fully saturated rings. The lowest BCUT2D eigenvalue weighted by molar-refractivity contribution is -0.122. The van der Waals surface area contributed by atoms with E-state index in [0.717, 1.165) is 31.8 Å². The van der Waals surface area contributed by atoms with Gasteiger partial charge in [-0.3, -0.25) is 4.79 Å². The highest BCUT2D eigenvalue weighted by atomic mass is 16.1. The van der Waals surface area contributed by atoms with Crippen molar-refractivity contribution in [2.24, 2.45) is 11.8 Å². The van der Waals surface area contributed by atoms with Gasteiger partial charge in [-0.15, -0.1) is 0 Å². The van der Waals surface area contributed by atoms with Crippen LogP contribution >= 0.6 is 0 Å². The predicted molar refractivity (Wildman–Crippen MR) is 69.8 cm³/mol. The summed E-state index contributed by atoms with van der Waals surface area (Å²) in [7, 11) is 0. The molecule has 1 aliphatic heterocycles. The Morgan fingerprint density at radius 2 is 2.12 bits per heavy atom. The molecule has 3 heteroatoms. The van der Waals surface area contributed by atoms with Gasteiger partial charge in [-0.2, -0.15) is 0 Å². The van der Waals surface area contributed by atoms with Crippen molar-refractivity contribution in [1.29, 1.82) is 0 Å². The maximum absolute atomic E-state index is 11.9. The molecule has 3 atom stereocenters. The summed E-state index contributed by atoms with van der Waals surface area (Å²) >= 11 is 0. The molecule has 1 saturated carbocycles. The molecular formula is C14H26N2O. The summed E-state index contributed by atoms with van der Waals surface area (Å²) < 4.78 is 0. The molecule has 0 aromatic carbocycles. The van der Waals surface area contributed by atoms with Crippen molar-refractivity contribution < 1.29 is 4.79 Å². The lowest BCUT2D eigenvalue weighted by Crippen LogP contribution is -2.35. The Kier molecular flexibility index (Phi) is 4.84. The van der Waals surface area contributed by atoms with Crippen LogP contribution in [-0.2, 0) is 4.79 Å². The van der Waals surface area contributed by atoms with Crippen molar-refractivity contribution in [2.45, 2.75) is 57.9 Å². The molecular weight excluding hydrogens is 212 g/mol. The largest absolute Gasteiger partial charge is 0.353 e. The van der Waals surface area contributed by atoms with Crippen LogP contribution < -0.4 is 10.6 Å². The number of nitrogens with one attached hydrogen (secondary N) is 2. The molecule has 17 heavy (non-hydrogen) atoms. The number of amides is 1. The predicted octanol–water partition coefficient (Wildman–Crippen LogP) is 2.07. The topological polar surface area (TPSA) is 41.1 Å². The maximum Gasteiger partial charge on any atom is 0.220 e. The van der Waals surface area contributed by atoms with Crippen LogP contribution in [0.3, 0.4) is 0 Å². The van der Waals surface area contributed by atoms with Gasteiger partial charge in [-0.1, -0.05) is 19.8 Å². The van der Waals surface area contributed by atoms with Gasteiger partial charge in [-0.25, -0.2) is 0 Å². The van der Waals surface area contributed by atoms with Gasteiger partial charge >= 0.3 is 0 Å². The van der Waals surface area contributed by atoms with E-state index in [1.165, 1.54) is 32.1 Å². The van der Waals surface area contributed by atoms with Crippen LogP contribution in [0.15, 0.2) is 0 Å². The first-order valence-electron chi connectivity index (χ1n) is 7.24. The van der Waals surface area contributed by atoms with Gasteiger partial charge in [0.05, 0.1) is 0 Å². The van der Waals surface area contributed by atoms with Gasteiger partial charge in [0.15, 0.2) is 0 Å². The highest BCUT2D eigenvalue weighted by Gasteiger charge is 2.21. The van der Waals surface area contributed by atoms with Gasteiger partial charge in [0.25, 0.3) is 0 Å². The van der Waals surface area contributed by atoms with Crippen LogP contribution in [0, 0.1) is 11.8 Å². The number of rotatable bonds is 3. The van der Waals surface area contributed by atoms with Crippen molar-refractivity contribution in [3.8, 4) is 0 Å². The second kappa shape index (κ2) is 6.39. The normalized spacial score (nSPS) is 34.3. The minimum atomic E-state index is 0.276. The standard InChI is InChI=1S/C14H26N2O/c1-11-3-2-4-13(6-5-11)16-14(17)9-12-7-8-15-10-12/h11-13,15H,2-10H2,1H3,(H,16,17). The van der Waals surface area contributed by atoms with Crippen molar-refractivity contribution in [2.75, 3.05) is 13.1 Å². The lowest BCUT2D eigenvalue weighted by atomic mass is 10.0. The molecule has 0 bridgehead atoms. The summed E-state index contributed by atoms with van der Waals surface area (Å²) in [5, 5.41) is 6.56. The fourth-order valence-corrected chi connectivity index (χ4v) is 3.07. The first-order chi connectivity index (χ1) is 8.24. The monoisotopic (exact) mass is 238 g/mol. The van der Waals surface area contributed by atoms with Gasteiger partial charge < -0.3 is 10.6 Å². The minimum Gasteiger partial charge on any atom is -0.353 e. The molecule has 2 N–H and O–H groups in total. The van der Waals surface area contributed by atoms with Gasteiger partial charge in [0, 0.05) is 12.5 Å². The summed E-state index contributed by atoms with van der Waals surface area (Å²) in [4.78, 5) is 11.9. The summed E-state index contributed by atoms with van der Waals surface area (Å²) in [5.41, 5.74) is 0. The molecule has 1 amide bonds.